The third kappa shape index (κ3) is 3.46. The number of benzene rings is 1. The molecule has 104 valence electrons. The number of aliphatic carboxylic acids is 1. The Labute approximate surface area is 105 Å². The molecule has 0 saturated carbocycles. The van der Waals surface area contributed by atoms with E-state index in [1.165, 1.54) is 0 Å². The molecule has 0 aliphatic heterocycles. The van der Waals surface area contributed by atoms with Gasteiger partial charge in [0.25, 0.3) is 0 Å². The second kappa shape index (κ2) is 5.72. The normalized spacial score (nSPS) is 13.9. The molecule has 8 heteroatoms. The molecule has 0 radical (unpaired) electrons. The molecule has 4 N–H and O–H groups in total. The third-order valence-electron chi connectivity index (χ3n) is 2.38. The number of aromatic carboxylic acids is 1. The molecular weight excluding hydrogens is 266 g/mol. The molecule has 0 bridgehead atoms. The predicted molar refractivity (Wildman–Crippen MR) is 56.5 cm³/mol. The van der Waals surface area contributed by atoms with Crippen LogP contribution in [-0.2, 0) is 4.79 Å². The summed E-state index contributed by atoms with van der Waals surface area (Å²) in [6.45, 7) is 0. The van der Waals surface area contributed by atoms with Gasteiger partial charge in [0.15, 0.2) is 0 Å². The van der Waals surface area contributed by atoms with Gasteiger partial charge in [-0.05, 0) is 12.1 Å². The van der Waals surface area contributed by atoms with Gasteiger partial charge in [-0.25, -0.2) is 13.6 Å². The average Bonchev–Trinajstić information content (AvgIpc) is 2.29. The summed E-state index contributed by atoms with van der Waals surface area (Å²) in [6, 6.07) is 0.762. The molecule has 0 aliphatic rings. The summed E-state index contributed by atoms with van der Waals surface area (Å²) in [5.41, 5.74) is -1.64. The molecule has 0 heterocycles. The molecule has 19 heavy (non-hydrogen) atoms. The van der Waals surface area contributed by atoms with E-state index in [9.17, 15) is 28.6 Å². The lowest BCUT2D eigenvalue weighted by Crippen LogP contribution is -2.23. The van der Waals surface area contributed by atoms with Gasteiger partial charge >= 0.3 is 11.9 Å². The van der Waals surface area contributed by atoms with Gasteiger partial charge in [0.05, 0.1) is 18.1 Å². The fraction of sp³-hybridized carbons (Fsp3) is 0.273. The summed E-state index contributed by atoms with van der Waals surface area (Å²) in [6.07, 6.45) is -4.70. The quantitative estimate of drug-likeness (QED) is 0.623. The number of aliphatic hydroxyl groups is 2. The summed E-state index contributed by atoms with van der Waals surface area (Å²) in [4.78, 5) is 20.9. The van der Waals surface area contributed by atoms with Crippen molar-refractivity contribution in [3.05, 3.63) is 34.9 Å². The molecule has 0 saturated heterocycles. The van der Waals surface area contributed by atoms with E-state index in [1.807, 2.05) is 0 Å². The average molecular weight is 276 g/mol. The van der Waals surface area contributed by atoms with Gasteiger partial charge in [0.1, 0.15) is 17.7 Å². The van der Waals surface area contributed by atoms with Crippen molar-refractivity contribution >= 4 is 11.9 Å². The molecule has 0 amide bonds. The zero-order valence-electron chi connectivity index (χ0n) is 9.38. The second-order valence-corrected chi connectivity index (χ2v) is 3.77. The van der Waals surface area contributed by atoms with Crippen LogP contribution in [0.25, 0.3) is 0 Å². The Morgan fingerprint density at radius 2 is 1.68 bits per heavy atom. The fourth-order valence-electron chi connectivity index (χ4n) is 1.45. The molecule has 6 nitrogen and oxygen atoms in total. The number of carboxylic acid groups (broad SMARTS) is 2. The van der Waals surface area contributed by atoms with Crippen molar-refractivity contribution in [1.82, 2.24) is 0 Å². The zero-order chi connectivity index (χ0) is 14.7. The van der Waals surface area contributed by atoms with Gasteiger partial charge in [-0.3, -0.25) is 4.79 Å². The van der Waals surface area contributed by atoms with Crippen LogP contribution in [0.3, 0.4) is 0 Å². The molecule has 0 aromatic heterocycles. The van der Waals surface area contributed by atoms with Crippen molar-refractivity contribution < 1.29 is 38.8 Å². The highest BCUT2D eigenvalue weighted by atomic mass is 19.1. The molecule has 0 fully saturated rings. The maximum Gasteiger partial charge on any atom is 0.338 e. The van der Waals surface area contributed by atoms with Crippen LogP contribution in [0.5, 0.6) is 0 Å². The van der Waals surface area contributed by atoms with E-state index in [0.717, 1.165) is 0 Å². The lowest BCUT2D eigenvalue weighted by atomic mass is 9.99. The second-order valence-electron chi connectivity index (χ2n) is 3.77. The highest BCUT2D eigenvalue weighted by Crippen LogP contribution is 2.24. The van der Waals surface area contributed by atoms with Gasteiger partial charge in [0.2, 0.25) is 0 Å². The number of aliphatic hydroxyl groups excluding tert-OH is 2. The summed E-state index contributed by atoms with van der Waals surface area (Å²) in [7, 11) is 0. The fourth-order valence-corrected chi connectivity index (χ4v) is 1.45. The van der Waals surface area contributed by atoms with E-state index in [-0.39, 0.29) is 0 Å². The van der Waals surface area contributed by atoms with Crippen LogP contribution in [0, 0.1) is 11.6 Å². The maximum atomic E-state index is 13.5. The van der Waals surface area contributed by atoms with Crippen LogP contribution in [-0.4, -0.2) is 38.5 Å². The van der Waals surface area contributed by atoms with Gasteiger partial charge in [-0.15, -0.1) is 0 Å². The molecule has 0 spiro atoms. The van der Waals surface area contributed by atoms with E-state index in [4.69, 9.17) is 10.2 Å². The Kier molecular flexibility index (Phi) is 4.52. The number of hydrogen-bond donors (Lipinski definition) is 4. The molecule has 2 atom stereocenters. The van der Waals surface area contributed by atoms with Crippen molar-refractivity contribution in [1.29, 1.82) is 0 Å². The van der Waals surface area contributed by atoms with Gasteiger partial charge < -0.3 is 20.4 Å². The minimum atomic E-state index is -1.98. The van der Waals surface area contributed by atoms with Crippen LogP contribution >= 0.6 is 0 Å². The smallest absolute Gasteiger partial charge is 0.338 e. The first-order valence-electron chi connectivity index (χ1n) is 5.04. The predicted octanol–water partition coefficient (Wildman–Crippen LogP) is 0.532. The molecule has 1 rings (SSSR count). The first-order chi connectivity index (χ1) is 8.73. The van der Waals surface area contributed by atoms with Crippen LogP contribution in [0.4, 0.5) is 8.78 Å². The Morgan fingerprint density at radius 3 is 2.16 bits per heavy atom. The lowest BCUT2D eigenvalue weighted by molar-refractivity contribution is -0.141. The Hall–Kier alpha value is -2.06. The number of halogens is 2. The van der Waals surface area contributed by atoms with Crippen LogP contribution < -0.4 is 0 Å². The molecule has 0 aliphatic carbocycles. The zero-order valence-corrected chi connectivity index (χ0v) is 9.38. The minimum Gasteiger partial charge on any atom is -0.481 e. The molecule has 1 aromatic carbocycles. The van der Waals surface area contributed by atoms with E-state index in [0.29, 0.717) is 12.1 Å². The summed E-state index contributed by atoms with van der Waals surface area (Å²) in [5.74, 6) is -5.68. The van der Waals surface area contributed by atoms with Crippen LogP contribution in [0.1, 0.15) is 28.4 Å². The van der Waals surface area contributed by atoms with Gasteiger partial charge in [-0.2, -0.15) is 0 Å². The van der Waals surface area contributed by atoms with Gasteiger partial charge in [0, 0.05) is 5.56 Å². The van der Waals surface area contributed by atoms with Crippen LogP contribution in [0.2, 0.25) is 0 Å². The summed E-state index contributed by atoms with van der Waals surface area (Å²) >= 11 is 0. The molecule has 2 unspecified atom stereocenters. The number of carbonyl (C=O) groups is 2. The third-order valence-corrected chi connectivity index (χ3v) is 2.38. The van der Waals surface area contributed by atoms with E-state index in [2.05, 4.69) is 0 Å². The Bertz CT molecular complexity index is 516. The SMILES string of the molecule is O=C(O)CC(O)C(O)c1cc(F)c(C(=O)O)cc1F. The number of carboxylic acids is 2. The topological polar surface area (TPSA) is 115 Å². The minimum absolute atomic E-state index is 0.351. The van der Waals surface area contributed by atoms with Crippen molar-refractivity contribution in [2.75, 3.05) is 0 Å². The number of hydrogen-bond acceptors (Lipinski definition) is 4. The maximum absolute atomic E-state index is 13.5. The number of rotatable bonds is 5. The first-order valence-corrected chi connectivity index (χ1v) is 5.04. The van der Waals surface area contributed by atoms with E-state index in [1.54, 1.807) is 0 Å². The highest BCUT2D eigenvalue weighted by Gasteiger charge is 2.26. The van der Waals surface area contributed by atoms with E-state index < -0.39 is 53.3 Å². The Morgan fingerprint density at radius 1 is 1.11 bits per heavy atom. The highest BCUT2D eigenvalue weighted by molar-refractivity contribution is 5.88. The monoisotopic (exact) mass is 276 g/mol. The van der Waals surface area contributed by atoms with Crippen molar-refractivity contribution in [3.63, 3.8) is 0 Å². The van der Waals surface area contributed by atoms with Crippen LogP contribution in [0.15, 0.2) is 12.1 Å². The van der Waals surface area contributed by atoms with E-state index >= 15 is 0 Å². The lowest BCUT2D eigenvalue weighted by Gasteiger charge is -2.17. The van der Waals surface area contributed by atoms with Crippen molar-refractivity contribution in [2.45, 2.75) is 18.6 Å². The van der Waals surface area contributed by atoms with Crippen molar-refractivity contribution in [3.8, 4) is 0 Å². The standard InChI is InChI=1S/C11H10F2O6/c12-6-2-5(11(18)19)7(13)1-4(6)10(17)8(14)3-9(15)16/h1-2,8,10,14,17H,3H2,(H,15,16)(H,18,19). The van der Waals surface area contributed by atoms with Crippen molar-refractivity contribution in [2.24, 2.45) is 0 Å². The first kappa shape index (κ1) is 15.0. The van der Waals surface area contributed by atoms with Gasteiger partial charge in [-0.1, -0.05) is 0 Å². The summed E-state index contributed by atoms with van der Waals surface area (Å²) < 4.78 is 26.8. The summed E-state index contributed by atoms with van der Waals surface area (Å²) in [5, 5.41) is 35.8. The Balaban J connectivity index is 3.11. The largest absolute Gasteiger partial charge is 0.481 e. The molecular formula is C11H10F2O6. The molecule has 1 aromatic rings.